The van der Waals surface area contributed by atoms with E-state index in [1.54, 1.807) is 6.07 Å². The van der Waals surface area contributed by atoms with Crippen molar-refractivity contribution in [1.29, 1.82) is 0 Å². The van der Waals surface area contributed by atoms with Crippen molar-refractivity contribution in [2.24, 2.45) is 5.16 Å². The van der Waals surface area contributed by atoms with Crippen LogP contribution in [0, 0.1) is 0 Å². The van der Waals surface area contributed by atoms with Gasteiger partial charge in [-0.3, -0.25) is 4.79 Å². The standard InChI is InChI=1S/C18H17ClN2O2/c19-15-9-5-4-8-14(15)16-12-17(23-21-16)18(22)20-11-10-13-6-2-1-3-7-13/h1-9,17H,10-12H2,(H,20,22)/t17-/m0/s1. The van der Waals surface area contributed by atoms with Gasteiger partial charge in [-0.1, -0.05) is 65.3 Å². The maximum absolute atomic E-state index is 12.2. The summed E-state index contributed by atoms with van der Waals surface area (Å²) in [6, 6.07) is 17.4. The van der Waals surface area contributed by atoms with Gasteiger partial charge in [0.05, 0.1) is 5.71 Å². The summed E-state index contributed by atoms with van der Waals surface area (Å²) in [6.07, 6.45) is 0.635. The number of hydrogen-bond acceptors (Lipinski definition) is 3. The third-order valence-corrected chi connectivity index (χ3v) is 4.03. The number of hydrogen-bond donors (Lipinski definition) is 1. The van der Waals surface area contributed by atoms with Crippen LogP contribution in [0.5, 0.6) is 0 Å². The summed E-state index contributed by atoms with van der Waals surface area (Å²) >= 11 is 6.15. The van der Waals surface area contributed by atoms with Crippen LogP contribution in [-0.4, -0.2) is 24.3 Å². The van der Waals surface area contributed by atoms with Gasteiger partial charge in [0, 0.05) is 23.6 Å². The molecule has 5 heteroatoms. The minimum absolute atomic E-state index is 0.147. The van der Waals surface area contributed by atoms with E-state index in [-0.39, 0.29) is 5.91 Å². The number of rotatable bonds is 5. The summed E-state index contributed by atoms with van der Waals surface area (Å²) in [7, 11) is 0. The van der Waals surface area contributed by atoms with E-state index in [1.807, 2.05) is 48.5 Å². The smallest absolute Gasteiger partial charge is 0.264 e. The van der Waals surface area contributed by atoms with Crippen LogP contribution in [0.4, 0.5) is 0 Å². The first kappa shape index (κ1) is 15.6. The molecule has 0 bridgehead atoms. The molecular weight excluding hydrogens is 312 g/mol. The molecular formula is C18H17ClN2O2. The summed E-state index contributed by atoms with van der Waals surface area (Å²) in [5.41, 5.74) is 2.71. The molecule has 0 spiro atoms. The van der Waals surface area contributed by atoms with E-state index >= 15 is 0 Å². The first-order valence-corrected chi connectivity index (χ1v) is 7.91. The molecule has 0 aromatic heterocycles. The van der Waals surface area contributed by atoms with Gasteiger partial charge in [0.15, 0.2) is 0 Å². The Hall–Kier alpha value is -2.33. The topological polar surface area (TPSA) is 50.7 Å². The van der Waals surface area contributed by atoms with Gasteiger partial charge in [-0.05, 0) is 18.1 Å². The molecule has 0 aliphatic carbocycles. The highest BCUT2D eigenvalue weighted by atomic mass is 35.5. The highest BCUT2D eigenvalue weighted by Crippen LogP contribution is 2.22. The van der Waals surface area contributed by atoms with Crippen molar-refractivity contribution in [1.82, 2.24) is 5.32 Å². The zero-order chi connectivity index (χ0) is 16.1. The molecule has 1 heterocycles. The molecule has 23 heavy (non-hydrogen) atoms. The van der Waals surface area contributed by atoms with Crippen molar-refractivity contribution in [3.8, 4) is 0 Å². The molecule has 0 radical (unpaired) electrons. The van der Waals surface area contributed by atoms with Gasteiger partial charge in [0.2, 0.25) is 6.10 Å². The average molecular weight is 329 g/mol. The van der Waals surface area contributed by atoms with Crippen LogP contribution >= 0.6 is 11.6 Å². The predicted molar refractivity (Wildman–Crippen MR) is 90.6 cm³/mol. The van der Waals surface area contributed by atoms with Crippen LogP contribution in [0.2, 0.25) is 5.02 Å². The van der Waals surface area contributed by atoms with Crippen LogP contribution in [-0.2, 0) is 16.1 Å². The third kappa shape index (κ3) is 3.90. The summed E-state index contributed by atoms with van der Waals surface area (Å²) in [4.78, 5) is 17.4. The third-order valence-electron chi connectivity index (χ3n) is 3.70. The van der Waals surface area contributed by atoms with Crippen LogP contribution in [0.15, 0.2) is 59.8 Å². The van der Waals surface area contributed by atoms with Crippen LogP contribution in [0.25, 0.3) is 0 Å². The number of nitrogens with zero attached hydrogens (tertiary/aromatic N) is 1. The SMILES string of the molecule is O=C(NCCc1ccccc1)[C@@H]1CC(c2ccccc2Cl)=NO1. The van der Waals surface area contributed by atoms with E-state index in [0.717, 1.165) is 12.0 Å². The summed E-state index contributed by atoms with van der Waals surface area (Å²) in [5.74, 6) is -0.147. The van der Waals surface area contributed by atoms with Gasteiger partial charge < -0.3 is 10.2 Å². The Morgan fingerprint density at radius 1 is 1.17 bits per heavy atom. The maximum Gasteiger partial charge on any atom is 0.264 e. The second-order valence-corrected chi connectivity index (χ2v) is 5.75. The van der Waals surface area contributed by atoms with Crippen molar-refractivity contribution in [3.63, 3.8) is 0 Å². The van der Waals surface area contributed by atoms with Crippen molar-refractivity contribution >= 4 is 23.2 Å². The first-order valence-electron chi connectivity index (χ1n) is 7.53. The van der Waals surface area contributed by atoms with Gasteiger partial charge in [-0.2, -0.15) is 0 Å². The molecule has 1 N–H and O–H groups in total. The van der Waals surface area contributed by atoms with Gasteiger partial charge in [-0.25, -0.2) is 0 Å². The molecule has 3 rings (SSSR count). The number of benzene rings is 2. The number of halogens is 1. The molecule has 1 aliphatic heterocycles. The van der Waals surface area contributed by atoms with E-state index in [4.69, 9.17) is 16.4 Å². The monoisotopic (exact) mass is 328 g/mol. The lowest BCUT2D eigenvalue weighted by Gasteiger charge is -2.09. The van der Waals surface area contributed by atoms with E-state index < -0.39 is 6.10 Å². The molecule has 2 aromatic rings. The van der Waals surface area contributed by atoms with Crippen LogP contribution in [0.3, 0.4) is 0 Å². The molecule has 0 saturated carbocycles. The Morgan fingerprint density at radius 2 is 1.91 bits per heavy atom. The van der Waals surface area contributed by atoms with E-state index in [1.165, 1.54) is 5.56 Å². The Bertz CT molecular complexity index is 716. The Balaban J connectivity index is 1.50. The molecule has 0 unspecified atom stereocenters. The fourth-order valence-corrected chi connectivity index (χ4v) is 2.71. The molecule has 1 atom stereocenters. The molecule has 118 valence electrons. The van der Waals surface area contributed by atoms with E-state index in [9.17, 15) is 4.79 Å². The fraction of sp³-hybridized carbons (Fsp3) is 0.222. The van der Waals surface area contributed by atoms with Gasteiger partial charge in [0.1, 0.15) is 0 Å². The molecule has 1 aliphatic rings. The van der Waals surface area contributed by atoms with Gasteiger partial charge in [-0.15, -0.1) is 0 Å². The van der Waals surface area contributed by atoms with E-state index in [2.05, 4.69) is 10.5 Å². The molecule has 4 nitrogen and oxygen atoms in total. The largest absolute Gasteiger partial charge is 0.382 e. The molecule has 0 saturated heterocycles. The highest BCUT2D eigenvalue weighted by Gasteiger charge is 2.29. The lowest BCUT2D eigenvalue weighted by atomic mass is 10.0. The molecule has 2 aromatic carbocycles. The summed E-state index contributed by atoms with van der Waals surface area (Å²) in [5, 5.41) is 7.51. The second kappa shape index (κ2) is 7.29. The van der Waals surface area contributed by atoms with Crippen LogP contribution in [0.1, 0.15) is 17.5 Å². The Labute approximate surface area is 140 Å². The number of oxime groups is 1. The number of carbonyl (C=O) groups is 1. The van der Waals surface area contributed by atoms with Crippen molar-refractivity contribution in [2.45, 2.75) is 18.9 Å². The predicted octanol–water partition coefficient (Wildman–Crippen LogP) is 3.19. The zero-order valence-electron chi connectivity index (χ0n) is 12.5. The number of carbonyl (C=O) groups excluding carboxylic acids is 1. The molecule has 1 amide bonds. The molecule has 0 fully saturated rings. The Morgan fingerprint density at radius 3 is 2.70 bits per heavy atom. The summed E-state index contributed by atoms with van der Waals surface area (Å²) < 4.78 is 0. The lowest BCUT2D eigenvalue weighted by Crippen LogP contribution is -2.36. The maximum atomic E-state index is 12.2. The number of nitrogens with one attached hydrogen (secondary N) is 1. The lowest BCUT2D eigenvalue weighted by molar-refractivity contribution is -0.131. The van der Waals surface area contributed by atoms with E-state index in [0.29, 0.717) is 23.7 Å². The number of amides is 1. The minimum Gasteiger partial charge on any atom is -0.382 e. The Kier molecular flexibility index (Phi) is 4.93. The summed E-state index contributed by atoms with van der Waals surface area (Å²) in [6.45, 7) is 0.574. The van der Waals surface area contributed by atoms with Crippen molar-refractivity contribution < 1.29 is 9.63 Å². The average Bonchev–Trinajstić information content (AvgIpc) is 3.06. The van der Waals surface area contributed by atoms with Gasteiger partial charge >= 0.3 is 0 Å². The second-order valence-electron chi connectivity index (χ2n) is 5.34. The highest BCUT2D eigenvalue weighted by molar-refractivity contribution is 6.34. The quantitative estimate of drug-likeness (QED) is 0.916. The van der Waals surface area contributed by atoms with Crippen molar-refractivity contribution in [3.05, 3.63) is 70.7 Å². The normalized spacial score (nSPS) is 16.6. The first-order chi connectivity index (χ1) is 11.2. The van der Waals surface area contributed by atoms with Crippen molar-refractivity contribution in [2.75, 3.05) is 6.54 Å². The minimum atomic E-state index is -0.586. The fourth-order valence-electron chi connectivity index (χ4n) is 2.46. The van der Waals surface area contributed by atoms with Gasteiger partial charge in [0.25, 0.3) is 5.91 Å². The van der Waals surface area contributed by atoms with Crippen LogP contribution < -0.4 is 5.32 Å². The zero-order valence-corrected chi connectivity index (χ0v) is 13.3.